The summed E-state index contributed by atoms with van der Waals surface area (Å²) in [6.45, 7) is 0. The largest absolute Gasteiger partial charge is 0.391 e. The number of alkyl halides is 1. The summed E-state index contributed by atoms with van der Waals surface area (Å²) in [5.74, 6) is 0. The van der Waals surface area contributed by atoms with E-state index in [1.807, 2.05) is 6.07 Å². The zero-order valence-corrected chi connectivity index (χ0v) is 8.77. The topological polar surface area (TPSA) is 21.6 Å². The molecule has 1 atom stereocenters. The second kappa shape index (κ2) is 3.58. The first kappa shape index (κ1) is 8.26. The van der Waals surface area contributed by atoms with Crippen molar-refractivity contribution in [3.8, 4) is 0 Å². The van der Waals surface area contributed by atoms with Gasteiger partial charge in [0.2, 0.25) is 0 Å². The number of halogens is 1. The average molecular weight is 246 g/mol. The third kappa shape index (κ3) is 1.54. The molecule has 1 aromatic rings. The highest BCUT2D eigenvalue weighted by atomic mass is 79.9. The van der Waals surface area contributed by atoms with Gasteiger partial charge in [0.05, 0.1) is 4.88 Å². The van der Waals surface area contributed by atoms with Gasteiger partial charge in [0, 0.05) is 11.8 Å². The first-order valence-electron chi connectivity index (χ1n) is 3.72. The molecule has 0 fully saturated rings. The summed E-state index contributed by atoms with van der Waals surface area (Å²) in [6.07, 6.45) is 1.15. The standard InChI is InChI=1S/C8H8BrNOS/c9-5-6-4-7(10-11-6)8-2-1-3-12-8/h1-3,6H,4-5H2/t6-/m1/s1. The number of hydrogen-bond acceptors (Lipinski definition) is 3. The van der Waals surface area contributed by atoms with Crippen LogP contribution in [-0.2, 0) is 4.84 Å². The van der Waals surface area contributed by atoms with Crippen LogP contribution in [-0.4, -0.2) is 17.1 Å². The number of thiophene rings is 1. The van der Waals surface area contributed by atoms with Crippen LogP contribution in [0.2, 0.25) is 0 Å². The summed E-state index contributed by atoms with van der Waals surface area (Å²) < 4.78 is 0. The molecule has 1 aliphatic heterocycles. The Morgan fingerprint density at radius 1 is 1.75 bits per heavy atom. The molecule has 0 saturated heterocycles. The number of nitrogens with zero attached hydrogens (tertiary/aromatic N) is 1. The molecule has 64 valence electrons. The van der Waals surface area contributed by atoms with Gasteiger partial charge < -0.3 is 4.84 Å². The maximum Gasteiger partial charge on any atom is 0.142 e. The van der Waals surface area contributed by atoms with Gasteiger partial charge in [0.15, 0.2) is 0 Å². The van der Waals surface area contributed by atoms with Crippen molar-refractivity contribution in [1.82, 2.24) is 0 Å². The normalized spacial score (nSPS) is 22.1. The van der Waals surface area contributed by atoms with Crippen LogP contribution in [0.1, 0.15) is 11.3 Å². The Morgan fingerprint density at radius 2 is 2.67 bits per heavy atom. The number of rotatable bonds is 2. The van der Waals surface area contributed by atoms with Gasteiger partial charge >= 0.3 is 0 Å². The van der Waals surface area contributed by atoms with Gasteiger partial charge in [-0.3, -0.25) is 0 Å². The minimum atomic E-state index is 0.224. The second-order valence-electron chi connectivity index (χ2n) is 2.60. The van der Waals surface area contributed by atoms with Crippen LogP contribution in [0.4, 0.5) is 0 Å². The van der Waals surface area contributed by atoms with Crippen molar-refractivity contribution in [3.05, 3.63) is 22.4 Å². The minimum Gasteiger partial charge on any atom is -0.391 e. The molecular formula is C8H8BrNOS. The molecule has 0 radical (unpaired) electrons. The highest BCUT2D eigenvalue weighted by Crippen LogP contribution is 2.20. The van der Waals surface area contributed by atoms with Crippen LogP contribution < -0.4 is 0 Å². The molecule has 0 bridgehead atoms. The summed E-state index contributed by atoms with van der Waals surface area (Å²) in [7, 11) is 0. The Balaban J connectivity index is 2.09. The lowest BCUT2D eigenvalue weighted by molar-refractivity contribution is 0.104. The molecule has 12 heavy (non-hydrogen) atoms. The van der Waals surface area contributed by atoms with Crippen molar-refractivity contribution in [1.29, 1.82) is 0 Å². The SMILES string of the molecule is BrC[C@H]1CC(c2cccs2)=NO1. The van der Waals surface area contributed by atoms with Gasteiger partial charge in [-0.15, -0.1) is 11.3 Å². The molecule has 0 aromatic carbocycles. The van der Waals surface area contributed by atoms with Crippen molar-refractivity contribution in [2.45, 2.75) is 12.5 Å². The predicted molar refractivity (Wildman–Crippen MR) is 54.1 cm³/mol. The van der Waals surface area contributed by atoms with Gasteiger partial charge in [0.1, 0.15) is 11.8 Å². The van der Waals surface area contributed by atoms with Crippen molar-refractivity contribution >= 4 is 33.0 Å². The fourth-order valence-corrected chi connectivity index (χ4v) is 2.16. The van der Waals surface area contributed by atoms with E-state index >= 15 is 0 Å². The average Bonchev–Trinajstić information content (AvgIpc) is 2.75. The van der Waals surface area contributed by atoms with Crippen LogP contribution in [0, 0.1) is 0 Å². The van der Waals surface area contributed by atoms with Gasteiger partial charge in [-0.1, -0.05) is 27.2 Å². The van der Waals surface area contributed by atoms with Crippen LogP contribution >= 0.6 is 27.3 Å². The lowest BCUT2D eigenvalue weighted by Gasteiger charge is -1.99. The maximum atomic E-state index is 5.19. The zero-order valence-electron chi connectivity index (χ0n) is 6.37. The quantitative estimate of drug-likeness (QED) is 0.735. The molecule has 0 aliphatic carbocycles. The van der Waals surface area contributed by atoms with Crippen LogP contribution in [0.3, 0.4) is 0 Å². The molecule has 0 spiro atoms. The fourth-order valence-electron chi connectivity index (χ4n) is 1.10. The van der Waals surface area contributed by atoms with E-state index < -0.39 is 0 Å². The third-order valence-corrected chi connectivity index (χ3v) is 3.35. The van der Waals surface area contributed by atoms with Gasteiger partial charge in [0.25, 0.3) is 0 Å². The molecule has 0 saturated carbocycles. The molecule has 1 aliphatic rings. The van der Waals surface area contributed by atoms with Gasteiger partial charge in [-0.05, 0) is 11.4 Å². The van der Waals surface area contributed by atoms with Crippen molar-refractivity contribution in [3.63, 3.8) is 0 Å². The molecule has 2 heterocycles. The molecule has 0 N–H and O–H groups in total. The van der Waals surface area contributed by atoms with Gasteiger partial charge in [-0.2, -0.15) is 0 Å². The van der Waals surface area contributed by atoms with Crippen molar-refractivity contribution in [2.24, 2.45) is 5.16 Å². The number of oxime groups is 1. The van der Waals surface area contributed by atoms with Crippen LogP contribution in [0.15, 0.2) is 22.7 Å². The lowest BCUT2D eigenvalue weighted by Crippen LogP contribution is -2.08. The third-order valence-electron chi connectivity index (χ3n) is 1.71. The first-order valence-corrected chi connectivity index (χ1v) is 5.73. The van der Waals surface area contributed by atoms with E-state index in [9.17, 15) is 0 Å². The van der Waals surface area contributed by atoms with E-state index in [2.05, 4.69) is 32.5 Å². The number of hydrogen-bond donors (Lipinski definition) is 0. The summed E-state index contributed by atoms with van der Waals surface area (Å²) in [5.41, 5.74) is 1.08. The van der Waals surface area contributed by atoms with Crippen LogP contribution in [0.25, 0.3) is 0 Å². The second-order valence-corrected chi connectivity index (χ2v) is 4.20. The molecule has 1 aromatic heterocycles. The summed E-state index contributed by atoms with van der Waals surface area (Å²) >= 11 is 5.08. The Labute approximate surface area is 83.4 Å². The summed E-state index contributed by atoms with van der Waals surface area (Å²) in [5, 5.41) is 6.93. The molecular weight excluding hydrogens is 238 g/mol. The van der Waals surface area contributed by atoms with Crippen LogP contribution in [0.5, 0.6) is 0 Å². The van der Waals surface area contributed by atoms with Crippen molar-refractivity contribution < 1.29 is 4.84 Å². The lowest BCUT2D eigenvalue weighted by atomic mass is 10.2. The molecule has 2 nitrogen and oxygen atoms in total. The van der Waals surface area contributed by atoms with Gasteiger partial charge in [-0.25, -0.2) is 0 Å². The van der Waals surface area contributed by atoms with Crippen molar-refractivity contribution in [2.75, 3.05) is 5.33 Å². The molecule has 0 amide bonds. The smallest absolute Gasteiger partial charge is 0.142 e. The molecule has 0 unspecified atom stereocenters. The Hall–Kier alpha value is -0.350. The minimum absolute atomic E-state index is 0.224. The predicted octanol–water partition coefficient (Wildman–Crippen LogP) is 2.64. The molecule has 2 rings (SSSR count). The van der Waals surface area contributed by atoms with E-state index in [0.29, 0.717) is 0 Å². The first-order chi connectivity index (χ1) is 5.90. The molecule has 4 heteroatoms. The monoisotopic (exact) mass is 245 g/mol. The van der Waals surface area contributed by atoms with E-state index in [1.165, 1.54) is 4.88 Å². The summed E-state index contributed by atoms with van der Waals surface area (Å²) in [6, 6.07) is 4.10. The van der Waals surface area contributed by atoms with E-state index in [4.69, 9.17) is 4.84 Å². The van der Waals surface area contributed by atoms with E-state index in [0.717, 1.165) is 17.5 Å². The Morgan fingerprint density at radius 3 is 3.25 bits per heavy atom. The highest BCUT2D eigenvalue weighted by molar-refractivity contribution is 9.09. The van der Waals surface area contributed by atoms with E-state index in [1.54, 1.807) is 11.3 Å². The fraction of sp³-hybridized carbons (Fsp3) is 0.375. The zero-order chi connectivity index (χ0) is 8.39. The maximum absolute atomic E-state index is 5.19. The summed E-state index contributed by atoms with van der Waals surface area (Å²) in [4.78, 5) is 6.41. The van der Waals surface area contributed by atoms with E-state index in [-0.39, 0.29) is 6.10 Å². The Bertz CT molecular complexity index is 283. The highest BCUT2D eigenvalue weighted by Gasteiger charge is 2.21. The Kier molecular flexibility index (Phi) is 2.46.